The van der Waals surface area contributed by atoms with E-state index in [1.165, 1.54) is 7.11 Å². The van der Waals surface area contributed by atoms with Crippen molar-refractivity contribution in [3.63, 3.8) is 0 Å². The highest BCUT2D eigenvalue weighted by molar-refractivity contribution is 6.00. The van der Waals surface area contributed by atoms with Crippen molar-refractivity contribution in [2.24, 2.45) is 0 Å². The second-order valence-corrected chi connectivity index (χ2v) is 4.45. The maximum atomic E-state index is 12.0. The Morgan fingerprint density at radius 1 is 1.09 bits per heavy atom. The van der Waals surface area contributed by atoms with Gasteiger partial charge in [0.25, 0.3) is 0 Å². The Bertz CT molecular complexity index is 786. The highest BCUT2D eigenvalue weighted by atomic mass is 16.5. The topological polar surface area (TPSA) is 102 Å². The number of hydrogen-bond donors (Lipinski definition) is 2. The number of para-hydroxylation sites is 1. The number of rotatable bonds is 5. The Morgan fingerprint density at radius 2 is 1.91 bits per heavy atom. The molecule has 1 amide bonds. The molecule has 0 spiro atoms. The number of aromatic nitrogens is 3. The lowest BCUT2D eigenvalue weighted by atomic mass is 10.3. The summed E-state index contributed by atoms with van der Waals surface area (Å²) in [5, 5.41) is 13.0. The van der Waals surface area contributed by atoms with Crippen LogP contribution in [0.25, 0.3) is 0 Å². The van der Waals surface area contributed by atoms with E-state index in [-0.39, 0.29) is 11.9 Å². The number of methoxy groups -OCH3 is 1. The van der Waals surface area contributed by atoms with E-state index in [0.717, 1.165) is 0 Å². The third-order valence-electron chi connectivity index (χ3n) is 2.85. The van der Waals surface area contributed by atoms with Gasteiger partial charge in [-0.25, -0.2) is 4.98 Å². The molecule has 1 aromatic carbocycles. The van der Waals surface area contributed by atoms with Gasteiger partial charge in [-0.05, 0) is 18.2 Å². The van der Waals surface area contributed by atoms with Crippen LogP contribution in [0.5, 0.6) is 5.88 Å². The van der Waals surface area contributed by atoms with Crippen LogP contribution in [0.3, 0.4) is 0 Å². The Balaban J connectivity index is 1.66. The molecule has 2 aromatic heterocycles. The van der Waals surface area contributed by atoms with E-state index in [1.807, 2.05) is 18.2 Å². The van der Waals surface area contributed by atoms with Crippen molar-refractivity contribution in [1.29, 1.82) is 0 Å². The predicted octanol–water partition coefficient (Wildman–Crippen LogP) is 2.47. The molecule has 0 unspecified atom stereocenters. The van der Waals surface area contributed by atoms with Crippen molar-refractivity contribution < 1.29 is 13.9 Å². The number of anilines is 3. The minimum Gasteiger partial charge on any atom is -0.481 e. The Morgan fingerprint density at radius 3 is 2.61 bits per heavy atom. The number of ether oxygens (including phenoxy) is 1. The zero-order valence-corrected chi connectivity index (χ0v) is 12.2. The van der Waals surface area contributed by atoms with Gasteiger partial charge in [-0.2, -0.15) is 0 Å². The lowest BCUT2D eigenvalue weighted by Gasteiger charge is -2.02. The fraction of sp³-hybridized carbons (Fsp3) is 0.0667. The number of nitrogens with zero attached hydrogens (tertiary/aromatic N) is 3. The first-order chi connectivity index (χ1) is 11.2. The Labute approximate surface area is 131 Å². The number of carbonyl (C=O) groups excluding carboxylic acids is 1. The average Bonchev–Trinajstić information content (AvgIpc) is 3.05. The summed E-state index contributed by atoms with van der Waals surface area (Å²) in [6, 6.07) is 12.5. The number of hydrogen-bond acceptors (Lipinski definition) is 7. The van der Waals surface area contributed by atoms with Crippen molar-refractivity contribution in [2.75, 3.05) is 17.7 Å². The highest BCUT2D eigenvalue weighted by Gasteiger charge is 2.15. The third kappa shape index (κ3) is 3.62. The summed E-state index contributed by atoms with van der Waals surface area (Å²) in [5.74, 6) is -0.133. The van der Waals surface area contributed by atoms with Gasteiger partial charge in [0.2, 0.25) is 5.88 Å². The molecule has 0 aliphatic rings. The van der Waals surface area contributed by atoms with Gasteiger partial charge >= 0.3 is 17.8 Å². The van der Waals surface area contributed by atoms with Crippen molar-refractivity contribution in [1.82, 2.24) is 15.2 Å². The number of pyridine rings is 1. The summed E-state index contributed by atoms with van der Waals surface area (Å²) in [6.07, 6.45) is 1.55. The summed E-state index contributed by atoms with van der Waals surface area (Å²) in [4.78, 5) is 16.0. The smallest absolute Gasteiger partial charge is 0.320 e. The Kier molecular flexibility index (Phi) is 4.14. The van der Waals surface area contributed by atoms with Crippen molar-refractivity contribution >= 4 is 23.3 Å². The van der Waals surface area contributed by atoms with Crippen molar-refractivity contribution in [3.8, 4) is 5.88 Å². The summed E-state index contributed by atoms with van der Waals surface area (Å²) in [7, 11) is 1.53. The van der Waals surface area contributed by atoms with Gasteiger partial charge < -0.3 is 19.8 Å². The number of benzene rings is 1. The molecule has 8 heteroatoms. The van der Waals surface area contributed by atoms with Gasteiger partial charge in [0.15, 0.2) is 0 Å². The molecular weight excluding hydrogens is 298 g/mol. The van der Waals surface area contributed by atoms with Crippen LogP contribution in [-0.2, 0) is 0 Å². The largest absolute Gasteiger partial charge is 0.481 e. The fourth-order valence-corrected chi connectivity index (χ4v) is 1.77. The van der Waals surface area contributed by atoms with Crippen LogP contribution in [0.4, 0.5) is 17.4 Å². The van der Waals surface area contributed by atoms with Gasteiger partial charge in [-0.1, -0.05) is 23.3 Å². The molecule has 0 aliphatic carbocycles. The van der Waals surface area contributed by atoms with Crippen LogP contribution >= 0.6 is 0 Å². The number of nitrogens with one attached hydrogen (secondary N) is 2. The van der Waals surface area contributed by atoms with Gasteiger partial charge in [0.05, 0.1) is 19.0 Å². The third-order valence-corrected chi connectivity index (χ3v) is 2.85. The molecule has 2 N–H and O–H groups in total. The maximum absolute atomic E-state index is 12.0. The first kappa shape index (κ1) is 14.5. The molecule has 8 nitrogen and oxygen atoms in total. The zero-order valence-electron chi connectivity index (χ0n) is 12.2. The summed E-state index contributed by atoms with van der Waals surface area (Å²) in [5.41, 5.74) is 1.27. The van der Waals surface area contributed by atoms with Gasteiger partial charge in [-0.15, -0.1) is 5.10 Å². The van der Waals surface area contributed by atoms with Crippen molar-refractivity contribution in [3.05, 3.63) is 54.6 Å². The minimum atomic E-state index is -0.482. The number of amides is 1. The van der Waals surface area contributed by atoms with Gasteiger partial charge in [0.1, 0.15) is 0 Å². The van der Waals surface area contributed by atoms with Gasteiger partial charge in [0, 0.05) is 11.8 Å². The quantitative estimate of drug-likeness (QED) is 0.746. The monoisotopic (exact) mass is 311 g/mol. The fourth-order valence-electron chi connectivity index (χ4n) is 1.77. The molecule has 3 rings (SSSR count). The SMILES string of the molecule is COc1ccc(Nc2nnc(C(=O)Nc3ccccc3)o2)cn1. The van der Waals surface area contributed by atoms with Crippen LogP contribution in [-0.4, -0.2) is 28.2 Å². The van der Waals surface area contributed by atoms with Crippen LogP contribution < -0.4 is 15.4 Å². The molecule has 2 heterocycles. The van der Waals surface area contributed by atoms with E-state index in [2.05, 4.69) is 25.8 Å². The molecule has 0 radical (unpaired) electrons. The average molecular weight is 311 g/mol. The summed E-state index contributed by atoms with van der Waals surface area (Å²) < 4.78 is 10.2. The highest BCUT2D eigenvalue weighted by Crippen LogP contribution is 2.17. The molecule has 0 bridgehead atoms. The molecule has 0 fully saturated rings. The summed E-state index contributed by atoms with van der Waals surface area (Å²) in [6.45, 7) is 0. The molecule has 23 heavy (non-hydrogen) atoms. The van der Waals surface area contributed by atoms with Crippen molar-refractivity contribution in [2.45, 2.75) is 0 Å². The molecular formula is C15H13N5O3. The lowest BCUT2D eigenvalue weighted by molar-refractivity contribution is 0.0991. The van der Waals surface area contributed by atoms with Crippen LogP contribution in [0, 0.1) is 0 Å². The Hall–Kier alpha value is -3.42. The zero-order chi connectivity index (χ0) is 16.1. The molecule has 0 atom stereocenters. The first-order valence-corrected chi connectivity index (χ1v) is 6.71. The lowest BCUT2D eigenvalue weighted by Crippen LogP contribution is -2.12. The normalized spacial score (nSPS) is 10.1. The summed E-state index contributed by atoms with van der Waals surface area (Å²) >= 11 is 0. The maximum Gasteiger partial charge on any atom is 0.320 e. The van der Waals surface area contributed by atoms with Crippen LogP contribution in [0.2, 0.25) is 0 Å². The second kappa shape index (κ2) is 6.56. The first-order valence-electron chi connectivity index (χ1n) is 6.71. The predicted molar refractivity (Wildman–Crippen MR) is 82.8 cm³/mol. The van der Waals surface area contributed by atoms with Crippen LogP contribution in [0.1, 0.15) is 10.7 Å². The second-order valence-electron chi connectivity index (χ2n) is 4.45. The standard InChI is InChI=1S/C15H13N5O3/c1-22-12-8-7-11(9-16-12)18-15-20-19-14(23-15)13(21)17-10-5-3-2-4-6-10/h2-9H,1H3,(H,17,21)(H,18,20). The van der Waals surface area contributed by atoms with E-state index >= 15 is 0 Å². The molecule has 0 aliphatic heterocycles. The van der Waals surface area contributed by atoms with Gasteiger partial charge in [-0.3, -0.25) is 4.79 Å². The van der Waals surface area contributed by atoms with Crippen LogP contribution in [0.15, 0.2) is 53.1 Å². The van der Waals surface area contributed by atoms with E-state index < -0.39 is 5.91 Å². The molecule has 3 aromatic rings. The molecule has 0 saturated carbocycles. The molecule has 116 valence electrons. The van der Waals surface area contributed by atoms with E-state index in [9.17, 15) is 4.79 Å². The minimum absolute atomic E-state index is 0.0928. The molecule has 0 saturated heterocycles. The van der Waals surface area contributed by atoms with E-state index in [4.69, 9.17) is 9.15 Å². The van der Waals surface area contributed by atoms with E-state index in [1.54, 1.807) is 30.5 Å². The van der Waals surface area contributed by atoms with E-state index in [0.29, 0.717) is 17.3 Å². The number of carbonyl (C=O) groups is 1.